The fourth-order valence-corrected chi connectivity index (χ4v) is 5.20. The molecule has 1 atom stereocenters. The number of benzene rings is 4. The van der Waals surface area contributed by atoms with Gasteiger partial charge in [0.05, 0.1) is 12.0 Å². The Kier molecular flexibility index (Phi) is 8.78. The molecule has 0 heterocycles. The van der Waals surface area contributed by atoms with Crippen molar-refractivity contribution in [2.75, 3.05) is 12.4 Å². The maximum atomic E-state index is 13.3. The third kappa shape index (κ3) is 7.21. The van der Waals surface area contributed by atoms with E-state index in [9.17, 15) is 13.2 Å². The second-order valence-electron chi connectivity index (χ2n) is 8.78. The highest BCUT2D eigenvalue weighted by molar-refractivity contribution is 7.89. The summed E-state index contributed by atoms with van der Waals surface area (Å²) in [5.74, 6) is 0.766. The van der Waals surface area contributed by atoms with Crippen molar-refractivity contribution in [3.63, 3.8) is 0 Å². The number of amides is 1. The Morgan fingerprint density at radius 1 is 0.842 bits per heavy atom. The molecule has 0 radical (unpaired) electrons. The quantitative estimate of drug-likeness (QED) is 0.281. The van der Waals surface area contributed by atoms with Gasteiger partial charge in [-0.1, -0.05) is 60.7 Å². The molecule has 4 aromatic carbocycles. The van der Waals surface area contributed by atoms with Gasteiger partial charge in [0.2, 0.25) is 15.9 Å². The van der Waals surface area contributed by atoms with Gasteiger partial charge in [-0.3, -0.25) is 4.79 Å². The molecule has 1 amide bonds. The molecule has 0 aliphatic heterocycles. The van der Waals surface area contributed by atoms with Crippen LogP contribution in [-0.2, 0) is 27.8 Å². The number of nitrogens with one attached hydrogen (secondary N) is 2. The van der Waals surface area contributed by atoms with Crippen LogP contribution in [0, 0.1) is 6.92 Å². The van der Waals surface area contributed by atoms with Gasteiger partial charge in [-0.15, -0.1) is 0 Å². The summed E-state index contributed by atoms with van der Waals surface area (Å²) >= 11 is 0. The number of carbonyl (C=O) groups is 1. The molecule has 0 spiro atoms. The molecular weight excluding hydrogens is 500 g/mol. The maximum absolute atomic E-state index is 13.3. The summed E-state index contributed by atoms with van der Waals surface area (Å²) in [5.41, 5.74) is 3.08. The van der Waals surface area contributed by atoms with Crippen LogP contribution in [0.25, 0.3) is 0 Å². The van der Waals surface area contributed by atoms with Crippen LogP contribution in [0.3, 0.4) is 0 Å². The van der Waals surface area contributed by atoms with Gasteiger partial charge in [-0.2, -0.15) is 4.72 Å². The van der Waals surface area contributed by atoms with E-state index in [0.29, 0.717) is 29.4 Å². The van der Waals surface area contributed by atoms with E-state index < -0.39 is 22.0 Å². The number of carbonyl (C=O) groups excluding carboxylic acids is 1. The first-order chi connectivity index (χ1) is 18.3. The number of methoxy groups -OCH3 is 1. The third-order valence-electron chi connectivity index (χ3n) is 5.94. The van der Waals surface area contributed by atoms with Crippen LogP contribution >= 0.6 is 0 Å². The Balaban J connectivity index is 1.48. The Labute approximate surface area is 223 Å². The van der Waals surface area contributed by atoms with Crippen molar-refractivity contribution in [3.8, 4) is 11.5 Å². The van der Waals surface area contributed by atoms with Crippen LogP contribution in [0.1, 0.15) is 16.7 Å². The number of hydrogen-bond donors (Lipinski definition) is 2. The lowest BCUT2D eigenvalue weighted by Crippen LogP contribution is -2.45. The predicted molar refractivity (Wildman–Crippen MR) is 148 cm³/mol. The van der Waals surface area contributed by atoms with Gasteiger partial charge < -0.3 is 14.8 Å². The zero-order valence-corrected chi connectivity index (χ0v) is 22.1. The van der Waals surface area contributed by atoms with Gasteiger partial charge in [-0.25, -0.2) is 8.42 Å². The Bertz CT molecular complexity index is 1460. The zero-order valence-electron chi connectivity index (χ0n) is 21.3. The first kappa shape index (κ1) is 26.9. The predicted octanol–water partition coefficient (Wildman–Crippen LogP) is 5.11. The van der Waals surface area contributed by atoms with Gasteiger partial charge in [0.15, 0.2) is 0 Å². The summed E-state index contributed by atoms with van der Waals surface area (Å²) in [4.78, 5) is 13.4. The highest BCUT2D eigenvalue weighted by Crippen LogP contribution is 2.22. The van der Waals surface area contributed by atoms with Crippen molar-refractivity contribution >= 4 is 21.6 Å². The van der Waals surface area contributed by atoms with E-state index in [4.69, 9.17) is 9.47 Å². The smallest absolute Gasteiger partial charge is 0.242 e. The molecule has 0 aliphatic carbocycles. The Hall–Kier alpha value is -4.14. The molecule has 0 aromatic heterocycles. The standard InChI is InChI=1S/C30H30N2O5S/c1-22-19-27(17-18-29(22)36-2)38(34,35)32-28(20-23-9-5-3-6-10-23)30(33)31-25-13-15-26(16-14-25)37-21-24-11-7-4-8-12-24/h3-19,28,32H,20-21H2,1-2H3,(H,31,33)/t28-/m1/s1. The first-order valence-electron chi connectivity index (χ1n) is 12.1. The molecular formula is C30H30N2O5S. The maximum Gasteiger partial charge on any atom is 0.242 e. The van der Waals surface area contributed by atoms with Crippen LogP contribution in [0.15, 0.2) is 108 Å². The van der Waals surface area contributed by atoms with Crippen LogP contribution in [0.4, 0.5) is 5.69 Å². The molecule has 4 aromatic rings. The summed E-state index contributed by atoms with van der Waals surface area (Å²) in [6.07, 6.45) is 0.180. The minimum atomic E-state index is -3.99. The van der Waals surface area contributed by atoms with E-state index >= 15 is 0 Å². The molecule has 7 nitrogen and oxygen atoms in total. The minimum Gasteiger partial charge on any atom is -0.496 e. The van der Waals surface area contributed by atoms with E-state index in [-0.39, 0.29) is 11.3 Å². The zero-order chi connectivity index (χ0) is 27.0. The minimum absolute atomic E-state index is 0.0570. The van der Waals surface area contributed by atoms with Crippen molar-refractivity contribution in [2.45, 2.75) is 30.9 Å². The third-order valence-corrected chi connectivity index (χ3v) is 7.41. The van der Waals surface area contributed by atoms with E-state index in [0.717, 1.165) is 11.1 Å². The Morgan fingerprint density at radius 3 is 2.08 bits per heavy atom. The van der Waals surface area contributed by atoms with Crippen molar-refractivity contribution in [3.05, 3.63) is 120 Å². The molecule has 8 heteroatoms. The summed E-state index contributed by atoms with van der Waals surface area (Å²) in [5, 5.41) is 2.83. The molecule has 196 valence electrons. The number of hydrogen-bond acceptors (Lipinski definition) is 5. The lowest BCUT2D eigenvalue weighted by atomic mass is 10.1. The van der Waals surface area contributed by atoms with Crippen LogP contribution in [0.2, 0.25) is 0 Å². The average Bonchev–Trinajstić information content (AvgIpc) is 2.93. The summed E-state index contributed by atoms with van der Waals surface area (Å²) < 4.78 is 40.1. The molecule has 0 unspecified atom stereocenters. The fraction of sp³-hybridized carbons (Fsp3) is 0.167. The van der Waals surface area contributed by atoms with Gasteiger partial charge in [0.25, 0.3) is 0 Å². The molecule has 0 saturated carbocycles. The second-order valence-corrected chi connectivity index (χ2v) is 10.5. The van der Waals surface area contributed by atoms with Crippen molar-refractivity contribution in [1.82, 2.24) is 4.72 Å². The van der Waals surface area contributed by atoms with Gasteiger partial charge in [0, 0.05) is 5.69 Å². The summed E-state index contributed by atoms with van der Waals surface area (Å²) in [6, 6.07) is 29.6. The summed E-state index contributed by atoms with van der Waals surface area (Å²) in [7, 11) is -2.47. The van der Waals surface area contributed by atoms with Crippen LogP contribution in [0.5, 0.6) is 11.5 Å². The van der Waals surface area contributed by atoms with Crippen LogP contribution in [-0.4, -0.2) is 27.5 Å². The molecule has 0 aliphatic rings. The number of rotatable bonds is 11. The van der Waals surface area contributed by atoms with Gasteiger partial charge >= 0.3 is 0 Å². The monoisotopic (exact) mass is 530 g/mol. The van der Waals surface area contributed by atoms with E-state index in [1.165, 1.54) is 19.2 Å². The van der Waals surface area contributed by atoms with Crippen molar-refractivity contribution in [2.24, 2.45) is 0 Å². The largest absolute Gasteiger partial charge is 0.496 e. The van der Waals surface area contributed by atoms with E-state index in [1.54, 1.807) is 37.3 Å². The second kappa shape index (κ2) is 12.4. The van der Waals surface area contributed by atoms with Gasteiger partial charge in [-0.05, 0) is 72.5 Å². The molecule has 0 saturated heterocycles. The fourth-order valence-electron chi connectivity index (χ4n) is 3.92. The number of anilines is 1. The number of ether oxygens (including phenoxy) is 2. The Morgan fingerprint density at radius 2 is 1.47 bits per heavy atom. The molecule has 38 heavy (non-hydrogen) atoms. The molecule has 0 fully saturated rings. The summed E-state index contributed by atoms with van der Waals surface area (Å²) in [6.45, 7) is 2.19. The highest BCUT2D eigenvalue weighted by atomic mass is 32.2. The SMILES string of the molecule is COc1ccc(S(=O)(=O)N[C@H](Cc2ccccc2)C(=O)Nc2ccc(OCc3ccccc3)cc2)cc1C. The highest BCUT2D eigenvalue weighted by Gasteiger charge is 2.27. The van der Waals surface area contributed by atoms with Gasteiger partial charge in [0.1, 0.15) is 24.1 Å². The lowest BCUT2D eigenvalue weighted by molar-refractivity contribution is -0.117. The normalized spacial score (nSPS) is 11.9. The molecule has 4 rings (SSSR count). The number of aryl methyl sites for hydroxylation is 1. The van der Waals surface area contributed by atoms with E-state index in [1.807, 2.05) is 60.7 Å². The van der Waals surface area contributed by atoms with Crippen molar-refractivity contribution in [1.29, 1.82) is 0 Å². The van der Waals surface area contributed by atoms with Crippen LogP contribution < -0.4 is 19.5 Å². The molecule has 0 bridgehead atoms. The molecule has 2 N–H and O–H groups in total. The average molecular weight is 531 g/mol. The van der Waals surface area contributed by atoms with E-state index in [2.05, 4.69) is 10.0 Å². The first-order valence-corrected chi connectivity index (χ1v) is 13.6. The van der Waals surface area contributed by atoms with Crippen molar-refractivity contribution < 1.29 is 22.7 Å². The topological polar surface area (TPSA) is 93.7 Å². The lowest BCUT2D eigenvalue weighted by Gasteiger charge is -2.19. The number of sulfonamides is 1.